The van der Waals surface area contributed by atoms with Gasteiger partial charge in [-0.15, -0.1) is 11.3 Å². The van der Waals surface area contributed by atoms with Crippen molar-refractivity contribution >= 4 is 11.3 Å². The highest BCUT2D eigenvalue weighted by atomic mass is 32.1. The summed E-state index contributed by atoms with van der Waals surface area (Å²) in [6.07, 6.45) is 2.47. The second-order valence-corrected chi connectivity index (χ2v) is 4.51. The van der Waals surface area contributed by atoms with Gasteiger partial charge < -0.3 is 10.6 Å². The van der Waals surface area contributed by atoms with E-state index in [1.54, 1.807) is 0 Å². The van der Waals surface area contributed by atoms with Crippen molar-refractivity contribution in [1.82, 2.24) is 10.6 Å². The molecular weight excluding hydrogens is 180 g/mol. The van der Waals surface area contributed by atoms with Crippen molar-refractivity contribution in [3.05, 3.63) is 22.4 Å². The largest absolute Gasteiger partial charge is 0.317 e. The van der Waals surface area contributed by atoms with Crippen LogP contribution in [0.4, 0.5) is 0 Å². The molecule has 1 aliphatic rings. The Morgan fingerprint density at radius 1 is 1.62 bits per heavy atom. The van der Waals surface area contributed by atoms with Gasteiger partial charge in [-0.3, -0.25) is 0 Å². The highest BCUT2D eigenvalue weighted by Crippen LogP contribution is 2.26. The Balaban J connectivity index is 2.00. The van der Waals surface area contributed by atoms with E-state index in [1.165, 1.54) is 17.7 Å². The molecule has 2 nitrogen and oxygen atoms in total. The molecule has 1 aromatic rings. The van der Waals surface area contributed by atoms with Gasteiger partial charge in [-0.1, -0.05) is 6.07 Å². The lowest BCUT2D eigenvalue weighted by Gasteiger charge is -2.29. The Morgan fingerprint density at radius 2 is 2.54 bits per heavy atom. The van der Waals surface area contributed by atoms with Gasteiger partial charge in [0.15, 0.2) is 0 Å². The van der Waals surface area contributed by atoms with E-state index in [2.05, 4.69) is 35.2 Å². The summed E-state index contributed by atoms with van der Waals surface area (Å²) in [6, 6.07) is 5.62. The van der Waals surface area contributed by atoms with Crippen molar-refractivity contribution < 1.29 is 0 Å². The van der Waals surface area contributed by atoms with E-state index < -0.39 is 0 Å². The fraction of sp³-hybridized carbons (Fsp3) is 0.600. The molecule has 2 N–H and O–H groups in total. The van der Waals surface area contributed by atoms with E-state index in [4.69, 9.17) is 0 Å². The molecule has 0 saturated carbocycles. The molecule has 1 saturated heterocycles. The summed E-state index contributed by atoms with van der Waals surface area (Å²) in [5.41, 5.74) is 0. The fourth-order valence-electron chi connectivity index (χ4n) is 1.89. The van der Waals surface area contributed by atoms with E-state index >= 15 is 0 Å². The maximum Gasteiger partial charge on any atom is 0.0429 e. The van der Waals surface area contributed by atoms with Gasteiger partial charge in [-0.25, -0.2) is 0 Å². The average molecular weight is 196 g/mol. The number of hydrogen-bond acceptors (Lipinski definition) is 3. The average Bonchev–Trinajstić information content (AvgIpc) is 2.71. The molecule has 0 radical (unpaired) electrons. The third-order valence-electron chi connectivity index (χ3n) is 2.70. The number of rotatable bonds is 2. The van der Waals surface area contributed by atoms with E-state index in [1.807, 2.05) is 11.3 Å². The Bertz CT molecular complexity index is 245. The molecule has 0 aliphatic carbocycles. The van der Waals surface area contributed by atoms with E-state index in [-0.39, 0.29) is 0 Å². The van der Waals surface area contributed by atoms with Gasteiger partial charge >= 0.3 is 0 Å². The lowest BCUT2D eigenvalue weighted by molar-refractivity contribution is 0.340. The molecule has 3 heteroatoms. The Hall–Kier alpha value is -0.380. The topological polar surface area (TPSA) is 24.1 Å². The first-order valence-electron chi connectivity index (χ1n) is 4.84. The van der Waals surface area contributed by atoms with Crippen LogP contribution in [0.2, 0.25) is 0 Å². The van der Waals surface area contributed by atoms with Gasteiger partial charge in [0.1, 0.15) is 0 Å². The highest BCUT2D eigenvalue weighted by Gasteiger charge is 2.21. The summed E-state index contributed by atoms with van der Waals surface area (Å²) >= 11 is 1.85. The Labute approximate surface area is 83.4 Å². The first-order valence-corrected chi connectivity index (χ1v) is 5.72. The summed E-state index contributed by atoms with van der Waals surface area (Å²) < 4.78 is 0. The minimum absolute atomic E-state index is 0.575. The third kappa shape index (κ3) is 2.10. The van der Waals surface area contributed by atoms with Crippen molar-refractivity contribution in [2.75, 3.05) is 13.6 Å². The number of piperidine rings is 1. The fourth-order valence-corrected chi connectivity index (χ4v) is 2.70. The standard InChI is InChI=1S/C10H16N2S/c1-11-8-4-5-12-9(7-8)10-3-2-6-13-10/h2-3,6,8-9,11-12H,4-5,7H2,1H3. The van der Waals surface area contributed by atoms with E-state index in [0.29, 0.717) is 12.1 Å². The maximum atomic E-state index is 3.56. The zero-order valence-corrected chi connectivity index (χ0v) is 8.73. The summed E-state index contributed by atoms with van der Waals surface area (Å²) in [5, 5.41) is 9.07. The molecule has 1 fully saturated rings. The van der Waals surface area contributed by atoms with Gasteiger partial charge in [-0.2, -0.15) is 0 Å². The van der Waals surface area contributed by atoms with Crippen LogP contribution < -0.4 is 10.6 Å². The van der Waals surface area contributed by atoms with E-state index in [0.717, 1.165) is 6.54 Å². The number of thiophene rings is 1. The van der Waals surface area contributed by atoms with Crippen LogP contribution in [0.3, 0.4) is 0 Å². The summed E-state index contributed by atoms with van der Waals surface area (Å²) in [6.45, 7) is 1.13. The smallest absolute Gasteiger partial charge is 0.0429 e. The predicted octanol–water partition coefficient (Wildman–Crippen LogP) is 1.76. The third-order valence-corrected chi connectivity index (χ3v) is 3.68. The maximum absolute atomic E-state index is 3.56. The van der Waals surface area contributed by atoms with Gasteiger partial charge in [-0.05, 0) is 37.9 Å². The van der Waals surface area contributed by atoms with Gasteiger partial charge in [0.2, 0.25) is 0 Å². The first kappa shape index (κ1) is 9.19. The molecule has 72 valence electrons. The minimum atomic E-state index is 0.575. The van der Waals surface area contributed by atoms with Crippen LogP contribution in [0.15, 0.2) is 17.5 Å². The molecule has 2 rings (SSSR count). The Kier molecular flexibility index (Phi) is 2.98. The SMILES string of the molecule is CNC1CCNC(c2cccs2)C1. The molecule has 2 atom stereocenters. The molecule has 0 spiro atoms. The van der Waals surface area contributed by atoms with Crippen LogP contribution in [0.25, 0.3) is 0 Å². The van der Waals surface area contributed by atoms with Crippen molar-refractivity contribution in [3.8, 4) is 0 Å². The lowest BCUT2D eigenvalue weighted by Crippen LogP contribution is -2.40. The van der Waals surface area contributed by atoms with Crippen molar-refractivity contribution in [3.63, 3.8) is 0 Å². The predicted molar refractivity (Wildman–Crippen MR) is 57.1 cm³/mol. The van der Waals surface area contributed by atoms with Crippen molar-refractivity contribution in [1.29, 1.82) is 0 Å². The van der Waals surface area contributed by atoms with Crippen LogP contribution in [0.5, 0.6) is 0 Å². The molecule has 0 aromatic carbocycles. The highest BCUT2D eigenvalue weighted by molar-refractivity contribution is 7.10. The summed E-state index contributed by atoms with van der Waals surface area (Å²) in [5.74, 6) is 0. The molecule has 2 heterocycles. The van der Waals surface area contributed by atoms with E-state index in [9.17, 15) is 0 Å². The second kappa shape index (κ2) is 4.22. The monoisotopic (exact) mass is 196 g/mol. The number of hydrogen-bond donors (Lipinski definition) is 2. The van der Waals surface area contributed by atoms with Crippen LogP contribution >= 0.6 is 11.3 Å². The quantitative estimate of drug-likeness (QED) is 0.753. The molecule has 0 bridgehead atoms. The molecule has 0 amide bonds. The van der Waals surface area contributed by atoms with Crippen LogP contribution in [0, 0.1) is 0 Å². The van der Waals surface area contributed by atoms with Crippen LogP contribution in [-0.2, 0) is 0 Å². The van der Waals surface area contributed by atoms with Crippen molar-refractivity contribution in [2.45, 2.75) is 24.9 Å². The summed E-state index contributed by atoms with van der Waals surface area (Å²) in [4.78, 5) is 1.47. The normalized spacial score (nSPS) is 29.0. The lowest BCUT2D eigenvalue weighted by atomic mass is 9.98. The molecular formula is C10H16N2S. The van der Waals surface area contributed by atoms with Gasteiger partial charge in [0.05, 0.1) is 0 Å². The molecule has 13 heavy (non-hydrogen) atoms. The minimum Gasteiger partial charge on any atom is -0.317 e. The Morgan fingerprint density at radius 3 is 3.23 bits per heavy atom. The zero-order chi connectivity index (χ0) is 9.10. The summed E-state index contributed by atoms with van der Waals surface area (Å²) in [7, 11) is 2.06. The molecule has 1 aliphatic heterocycles. The van der Waals surface area contributed by atoms with Gasteiger partial charge in [0, 0.05) is 17.0 Å². The molecule has 1 aromatic heterocycles. The van der Waals surface area contributed by atoms with Crippen LogP contribution in [-0.4, -0.2) is 19.6 Å². The van der Waals surface area contributed by atoms with Crippen molar-refractivity contribution in [2.24, 2.45) is 0 Å². The zero-order valence-electron chi connectivity index (χ0n) is 7.92. The number of nitrogens with one attached hydrogen (secondary N) is 2. The van der Waals surface area contributed by atoms with Crippen LogP contribution in [0.1, 0.15) is 23.8 Å². The van der Waals surface area contributed by atoms with Gasteiger partial charge in [0.25, 0.3) is 0 Å². The second-order valence-electron chi connectivity index (χ2n) is 3.53. The molecule has 2 unspecified atom stereocenters. The first-order chi connectivity index (χ1) is 6.40.